The van der Waals surface area contributed by atoms with Crippen molar-refractivity contribution in [2.24, 2.45) is 11.1 Å². The molecular weight excluding hydrogens is 214 g/mol. The number of hydrogen-bond acceptors (Lipinski definition) is 3. The molecule has 0 bridgehead atoms. The lowest BCUT2D eigenvalue weighted by Crippen LogP contribution is -2.34. The van der Waals surface area contributed by atoms with E-state index in [1.54, 1.807) is 0 Å². The van der Waals surface area contributed by atoms with Gasteiger partial charge in [0.2, 0.25) is 0 Å². The molecule has 0 spiro atoms. The minimum Gasteiger partial charge on any atom is -0.461 e. The van der Waals surface area contributed by atoms with Crippen LogP contribution in [-0.4, -0.2) is 18.1 Å². The Hall–Kier alpha value is -0.830. The summed E-state index contributed by atoms with van der Waals surface area (Å²) in [6.07, 6.45) is 9.04. The summed E-state index contributed by atoms with van der Waals surface area (Å²) in [6.45, 7) is 6.35. The molecule has 0 aromatic carbocycles. The molecule has 1 aliphatic rings. The zero-order valence-corrected chi connectivity index (χ0v) is 11.2. The molecule has 0 aromatic rings. The van der Waals surface area contributed by atoms with Gasteiger partial charge < -0.3 is 10.5 Å². The van der Waals surface area contributed by atoms with Crippen molar-refractivity contribution in [3.05, 3.63) is 12.2 Å². The fraction of sp³-hybridized carbons (Fsp3) is 0.786. The van der Waals surface area contributed by atoms with E-state index in [4.69, 9.17) is 10.5 Å². The Morgan fingerprint density at radius 2 is 2.00 bits per heavy atom. The van der Waals surface area contributed by atoms with Gasteiger partial charge in [-0.15, -0.1) is 0 Å². The summed E-state index contributed by atoms with van der Waals surface area (Å²) in [5, 5.41) is 0. The van der Waals surface area contributed by atoms with Crippen molar-refractivity contribution in [2.75, 3.05) is 0 Å². The van der Waals surface area contributed by atoms with E-state index in [0.29, 0.717) is 6.42 Å². The monoisotopic (exact) mass is 239 g/mol. The Morgan fingerprint density at radius 1 is 1.41 bits per heavy atom. The maximum Gasteiger partial charge on any atom is 0.323 e. The van der Waals surface area contributed by atoms with Gasteiger partial charge in [-0.05, 0) is 37.5 Å². The van der Waals surface area contributed by atoms with Gasteiger partial charge in [0, 0.05) is 0 Å². The van der Waals surface area contributed by atoms with Crippen LogP contribution in [0.2, 0.25) is 0 Å². The third-order valence-corrected chi connectivity index (χ3v) is 2.90. The van der Waals surface area contributed by atoms with E-state index in [0.717, 1.165) is 25.7 Å². The number of rotatable bonds is 4. The Labute approximate surface area is 104 Å². The Morgan fingerprint density at radius 3 is 2.53 bits per heavy atom. The molecule has 17 heavy (non-hydrogen) atoms. The molecule has 0 aliphatic heterocycles. The number of carbonyl (C=O) groups excluding carboxylic acids is 1. The number of esters is 1. The second-order valence-corrected chi connectivity index (χ2v) is 5.95. The first kappa shape index (κ1) is 14.2. The van der Waals surface area contributed by atoms with Crippen molar-refractivity contribution in [3.8, 4) is 0 Å². The van der Waals surface area contributed by atoms with Gasteiger partial charge in [-0.3, -0.25) is 4.79 Å². The molecule has 1 aliphatic carbocycles. The van der Waals surface area contributed by atoms with Crippen LogP contribution >= 0.6 is 0 Å². The van der Waals surface area contributed by atoms with E-state index in [2.05, 4.69) is 26.8 Å². The molecule has 0 radical (unpaired) electrons. The van der Waals surface area contributed by atoms with Gasteiger partial charge in [0.1, 0.15) is 12.1 Å². The van der Waals surface area contributed by atoms with Crippen LogP contribution in [0.4, 0.5) is 0 Å². The molecule has 0 amide bonds. The van der Waals surface area contributed by atoms with Gasteiger partial charge in [-0.25, -0.2) is 0 Å². The van der Waals surface area contributed by atoms with E-state index < -0.39 is 6.04 Å². The first-order valence-electron chi connectivity index (χ1n) is 6.52. The largest absolute Gasteiger partial charge is 0.461 e. The zero-order chi connectivity index (χ0) is 12.9. The summed E-state index contributed by atoms with van der Waals surface area (Å²) in [4.78, 5) is 11.7. The highest BCUT2D eigenvalue weighted by molar-refractivity contribution is 5.75. The Balaban J connectivity index is 2.29. The fourth-order valence-corrected chi connectivity index (χ4v) is 1.92. The van der Waals surface area contributed by atoms with Gasteiger partial charge in [0.15, 0.2) is 0 Å². The first-order valence-corrected chi connectivity index (χ1v) is 6.52. The van der Waals surface area contributed by atoms with Gasteiger partial charge in [0.25, 0.3) is 0 Å². The third-order valence-electron chi connectivity index (χ3n) is 2.90. The molecule has 1 rings (SSSR count). The predicted octanol–water partition coefficient (Wildman–Crippen LogP) is 2.79. The number of hydrogen-bond donors (Lipinski definition) is 1. The highest BCUT2D eigenvalue weighted by Gasteiger charge is 2.22. The van der Waals surface area contributed by atoms with Gasteiger partial charge >= 0.3 is 5.97 Å². The van der Waals surface area contributed by atoms with Crippen LogP contribution in [-0.2, 0) is 9.53 Å². The molecule has 1 saturated carbocycles. The van der Waals surface area contributed by atoms with Crippen molar-refractivity contribution in [1.29, 1.82) is 0 Å². The first-order chi connectivity index (χ1) is 7.88. The average molecular weight is 239 g/mol. The molecule has 1 atom stereocenters. The molecule has 1 fully saturated rings. The van der Waals surface area contributed by atoms with Crippen LogP contribution in [0.3, 0.4) is 0 Å². The van der Waals surface area contributed by atoms with Gasteiger partial charge in [-0.2, -0.15) is 0 Å². The third kappa shape index (κ3) is 5.87. The maximum absolute atomic E-state index is 11.7. The highest BCUT2D eigenvalue weighted by Crippen LogP contribution is 2.21. The zero-order valence-electron chi connectivity index (χ0n) is 11.2. The molecule has 3 nitrogen and oxygen atoms in total. The number of carbonyl (C=O) groups is 1. The van der Waals surface area contributed by atoms with Crippen molar-refractivity contribution >= 4 is 5.97 Å². The summed E-state index contributed by atoms with van der Waals surface area (Å²) in [7, 11) is 0. The van der Waals surface area contributed by atoms with Gasteiger partial charge in [0.05, 0.1) is 0 Å². The van der Waals surface area contributed by atoms with Crippen LogP contribution in [0.1, 0.15) is 52.9 Å². The highest BCUT2D eigenvalue weighted by atomic mass is 16.5. The Bertz CT molecular complexity index is 272. The van der Waals surface area contributed by atoms with Gasteiger partial charge in [-0.1, -0.05) is 32.9 Å². The van der Waals surface area contributed by atoms with Crippen LogP contribution in [0.15, 0.2) is 12.2 Å². The fourth-order valence-electron chi connectivity index (χ4n) is 1.92. The smallest absolute Gasteiger partial charge is 0.323 e. The van der Waals surface area contributed by atoms with Crippen LogP contribution in [0.5, 0.6) is 0 Å². The Kier molecular flexibility index (Phi) is 5.19. The lowest BCUT2D eigenvalue weighted by atomic mass is 9.95. The van der Waals surface area contributed by atoms with E-state index in [1.807, 2.05) is 6.08 Å². The topological polar surface area (TPSA) is 52.3 Å². The normalized spacial score (nSPS) is 19.8. The summed E-state index contributed by atoms with van der Waals surface area (Å²) in [6, 6.07) is -0.519. The lowest BCUT2D eigenvalue weighted by Gasteiger charge is -2.15. The van der Waals surface area contributed by atoms with Crippen LogP contribution in [0, 0.1) is 5.41 Å². The summed E-state index contributed by atoms with van der Waals surface area (Å²) in [5.74, 6) is -0.254. The minimum absolute atomic E-state index is 0.111. The quantitative estimate of drug-likeness (QED) is 0.606. The number of allylic oxidation sites excluding steroid dienone is 1. The van der Waals surface area contributed by atoms with E-state index in [1.165, 1.54) is 0 Å². The van der Waals surface area contributed by atoms with Crippen molar-refractivity contribution < 1.29 is 9.53 Å². The summed E-state index contributed by atoms with van der Waals surface area (Å²) >= 11 is 0. The SMILES string of the molecule is CC(C)(C)C=CC[C@H](N)C(=O)OC1CCCC1. The molecule has 0 unspecified atom stereocenters. The average Bonchev–Trinajstić information content (AvgIpc) is 2.68. The predicted molar refractivity (Wildman–Crippen MR) is 69.5 cm³/mol. The van der Waals surface area contributed by atoms with E-state index in [9.17, 15) is 4.79 Å². The molecular formula is C14H25NO2. The number of nitrogens with two attached hydrogens (primary N) is 1. The number of ether oxygens (including phenoxy) is 1. The second-order valence-electron chi connectivity index (χ2n) is 5.95. The van der Waals surface area contributed by atoms with E-state index in [-0.39, 0.29) is 17.5 Å². The summed E-state index contributed by atoms with van der Waals surface area (Å²) < 4.78 is 5.36. The summed E-state index contributed by atoms with van der Waals surface area (Å²) in [5.41, 5.74) is 5.93. The standard InChI is InChI=1S/C14H25NO2/c1-14(2,3)10-6-9-12(15)13(16)17-11-7-4-5-8-11/h6,10-12H,4-5,7-9,15H2,1-3H3/t12-/m0/s1. The van der Waals surface area contributed by atoms with Crippen molar-refractivity contribution in [1.82, 2.24) is 0 Å². The molecule has 0 saturated heterocycles. The maximum atomic E-state index is 11.7. The molecule has 2 N–H and O–H groups in total. The van der Waals surface area contributed by atoms with Crippen LogP contribution < -0.4 is 5.73 Å². The molecule has 0 heterocycles. The molecule has 3 heteroatoms. The van der Waals surface area contributed by atoms with Crippen molar-refractivity contribution in [2.45, 2.75) is 65.0 Å². The minimum atomic E-state index is -0.519. The molecule has 0 aromatic heterocycles. The van der Waals surface area contributed by atoms with E-state index >= 15 is 0 Å². The second kappa shape index (κ2) is 6.20. The molecule has 98 valence electrons. The van der Waals surface area contributed by atoms with Crippen molar-refractivity contribution in [3.63, 3.8) is 0 Å². The lowest BCUT2D eigenvalue weighted by molar-refractivity contribution is -0.150. The van der Waals surface area contributed by atoms with Crippen LogP contribution in [0.25, 0.3) is 0 Å².